The Morgan fingerprint density at radius 2 is 1.66 bits per heavy atom. The van der Waals surface area contributed by atoms with Crippen LogP contribution in [0.5, 0.6) is 0 Å². The van der Waals surface area contributed by atoms with E-state index < -0.39 is 10.0 Å². The summed E-state index contributed by atoms with van der Waals surface area (Å²) in [4.78, 5) is 17.9. The average Bonchev–Trinajstić information content (AvgIpc) is 2.83. The molecular weight excluding hydrogens is 442 g/mol. The number of amides is 1. The van der Waals surface area contributed by atoms with Gasteiger partial charge in [0, 0.05) is 48.2 Å². The molecule has 1 aromatic heterocycles. The van der Waals surface area contributed by atoms with Gasteiger partial charge in [-0.3, -0.25) is 9.78 Å². The molecule has 2 aromatic carbocycles. The number of hydrogen-bond donors (Lipinski definition) is 1. The van der Waals surface area contributed by atoms with Gasteiger partial charge in [-0.25, -0.2) is 8.42 Å². The van der Waals surface area contributed by atoms with Crippen LogP contribution in [0.25, 0.3) is 0 Å². The summed E-state index contributed by atoms with van der Waals surface area (Å²) in [5.41, 5.74) is 2.56. The summed E-state index contributed by atoms with van der Waals surface area (Å²) in [6, 6.07) is 18.1. The number of thioether (sulfide) groups is 1. The normalized spacial score (nSPS) is 11.5. The molecule has 0 saturated carbocycles. The Bertz CT molecular complexity index is 1110. The van der Waals surface area contributed by atoms with Crippen LogP contribution in [-0.4, -0.2) is 36.7 Å². The number of sulfonamides is 1. The number of hydrogen-bond acceptors (Lipinski definition) is 5. The van der Waals surface area contributed by atoms with Gasteiger partial charge in [0.2, 0.25) is 10.0 Å². The number of rotatable bonds is 10. The fourth-order valence-corrected chi connectivity index (χ4v) is 5.42. The monoisotopic (exact) mass is 469 g/mol. The van der Waals surface area contributed by atoms with E-state index in [0.717, 1.165) is 21.8 Å². The van der Waals surface area contributed by atoms with E-state index in [2.05, 4.69) is 10.3 Å². The highest BCUT2D eigenvalue weighted by molar-refractivity contribution is 7.98. The van der Waals surface area contributed by atoms with Crippen LogP contribution in [0.1, 0.15) is 35.3 Å². The largest absolute Gasteiger partial charge is 0.348 e. The number of aromatic nitrogens is 1. The lowest BCUT2D eigenvalue weighted by Crippen LogP contribution is -2.30. The van der Waals surface area contributed by atoms with Gasteiger partial charge >= 0.3 is 0 Å². The lowest BCUT2D eigenvalue weighted by atomic mass is 10.2. The quantitative estimate of drug-likeness (QED) is 0.447. The highest BCUT2D eigenvalue weighted by atomic mass is 32.2. The van der Waals surface area contributed by atoms with E-state index in [1.54, 1.807) is 54.4 Å². The average molecular weight is 470 g/mol. The van der Waals surface area contributed by atoms with E-state index >= 15 is 0 Å². The van der Waals surface area contributed by atoms with Crippen LogP contribution in [-0.2, 0) is 22.3 Å². The molecule has 0 aliphatic rings. The van der Waals surface area contributed by atoms with Crippen LogP contribution < -0.4 is 5.32 Å². The van der Waals surface area contributed by atoms with Crippen molar-refractivity contribution in [2.24, 2.45) is 0 Å². The van der Waals surface area contributed by atoms with Crippen LogP contribution in [0.2, 0.25) is 0 Å². The van der Waals surface area contributed by atoms with Gasteiger partial charge in [0.15, 0.2) is 0 Å². The van der Waals surface area contributed by atoms with Gasteiger partial charge in [0.1, 0.15) is 0 Å². The van der Waals surface area contributed by atoms with Crippen LogP contribution in [0.4, 0.5) is 0 Å². The number of nitrogens with one attached hydrogen (secondary N) is 1. The van der Waals surface area contributed by atoms with Gasteiger partial charge in [-0.05, 0) is 53.6 Å². The Morgan fingerprint density at radius 1 is 0.969 bits per heavy atom. The molecule has 1 N–H and O–H groups in total. The molecule has 6 nitrogen and oxygen atoms in total. The Morgan fingerprint density at radius 3 is 2.25 bits per heavy atom. The molecule has 1 heterocycles. The molecule has 0 spiro atoms. The molecule has 8 heteroatoms. The van der Waals surface area contributed by atoms with Crippen molar-refractivity contribution in [2.75, 3.05) is 13.1 Å². The minimum atomic E-state index is -3.48. The maximum absolute atomic E-state index is 12.6. The molecule has 0 fully saturated rings. The second kappa shape index (κ2) is 11.3. The highest BCUT2D eigenvalue weighted by Gasteiger charge is 2.21. The summed E-state index contributed by atoms with van der Waals surface area (Å²) in [6.45, 7) is 4.81. The van der Waals surface area contributed by atoms with Crippen molar-refractivity contribution in [3.63, 3.8) is 0 Å². The third-order valence-corrected chi connectivity index (χ3v) is 8.11. The van der Waals surface area contributed by atoms with Crippen molar-refractivity contribution >= 4 is 27.7 Å². The zero-order valence-electron chi connectivity index (χ0n) is 18.2. The van der Waals surface area contributed by atoms with E-state index in [1.165, 1.54) is 4.31 Å². The molecule has 1 amide bonds. The molecule has 0 saturated heterocycles. The summed E-state index contributed by atoms with van der Waals surface area (Å²) in [6.07, 6.45) is 3.60. The van der Waals surface area contributed by atoms with Crippen molar-refractivity contribution < 1.29 is 13.2 Å². The molecule has 0 unspecified atom stereocenters. The molecule has 3 rings (SSSR count). The first kappa shape index (κ1) is 24.0. The first-order chi connectivity index (χ1) is 15.4. The van der Waals surface area contributed by atoms with Gasteiger partial charge in [0.25, 0.3) is 5.91 Å². The third kappa shape index (κ3) is 6.18. The summed E-state index contributed by atoms with van der Waals surface area (Å²) in [7, 11) is -3.48. The van der Waals surface area contributed by atoms with Gasteiger partial charge in [-0.1, -0.05) is 32.0 Å². The van der Waals surface area contributed by atoms with Crippen molar-refractivity contribution in [1.82, 2.24) is 14.6 Å². The molecule has 168 valence electrons. The maximum atomic E-state index is 12.6. The topological polar surface area (TPSA) is 79.4 Å². The second-order valence-corrected chi connectivity index (χ2v) is 10.1. The zero-order chi connectivity index (χ0) is 23.0. The number of carbonyl (C=O) groups excluding carboxylic acids is 1. The van der Waals surface area contributed by atoms with E-state index in [4.69, 9.17) is 0 Å². The molecule has 0 bridgehead atoms. The SMILES string of the molecule is CCN(CC)S(=O)(=O)c1ccc(CNC(=O)c2ccc(SCc3cccnc3)cc2)cc1. The Hall–Kier alpha value is -2.68. The fourth-order valence-electron chi connectivity index (χ4n) is 3.13. The number of benzene rings is 2. The standard InChI is InChI=1S/C24H27N3O3S2/c1-3-27(4-2)32(29,30)23-13-7-19(8-14-23)17-26-24(28)21-9-11-22(12-10-21)31-18-20-6-5-15-25-16-20/h5-16H,3-4,17-18H2,1-2H3,(H,26,28). The van der Waals surface area contributed by atoms with Gasteiger partial charge in [-0.2, -0.15) is 4.31 Å². The van der Waals surface area contributed by atoms with E-state index in [0.29, 0.717) is 25.2 Å². The summed E-state index contributed by atoms with van der Waals surface area (Å²) in [5, 5.41) is 2.88. The summed E-state index contributed by atoms with van der Waals surface area (Å²) in [5.74, 6) is 0.646. The van der Waals surface area contributed by atoms with E-state index in [-0.39, 0.29) is 10.8 Å². The number of pyridine rings is 1. The minimum absolute atomic E-state index is 0.173. The first-order valence-corrected chi connectivity index (χ1v) is 12.9. The van der Waals surface area contributed by atoms with Gasteiger partial charge < -0.3 is 5.32 Å². The van der Waals surface area contributed by atoms with Crippen LogP contribution in [0.15, 0.2) is 82.8 Å². The molecule has 0 atom stereocenters. The number of nitrogens with zero attached hydrogens (tertiary/aromatic N) is 2. The lowest BCUT2D eigenvalue weighted by molar-refractivity contribution is 0.0951. The van der Waals surface area contributed by atoms with Crippen LogP contribution in [0, 0.1) is 0 Å². The van der Waals surface area contributed by atoms with E-state index in [1.807, 2.05) is 44.3 Å². The van der Waals surface area contributed by atoms with Crippen molar-refractivity contribution in [3.05, 3.63) is 89.7 Å². The summed E-state index contributed by atoms with van der Waals surface area (Å²) < 4.78 is 26.5. The summed E-state index contributed by atoms with van der Waals surface area (Å²) >= 11 is 1.69. The van der Waals surface area contributed by atoms with Crippen molar-refractivity contribution in [3.8, 4) is 0 Å². The Labute approximate surface area is 194 Å². The second-order valence-electron chi connectivity index (χ2n) is 7.09. The third-order valence-electron chi connectivity index (χ3n) is 4.96. The molecular formula is C24H27N3O3S2. The number of carbonyl (C=O) groups is 1. The van der Waals surface area contributed by atoms with E-state index in [9.17, 15) is 13.2 Å². The predicted octanol–water partition coefficient (Wildman–Crippen LogP) is 4.33. The molecule has 32 heavy (non-hydrogen) atoms. The lowest BCUT2D eigenvalue weighted by Gasteiger charge is -2.18. The molecule has 3 aromatic rings. The first-order valence-electron chi connectivity index (χ1n) is 10.4. The van der Waals surface area contributed by atoms with Gasteiger partial charge in [-0.15, -0.1) is 11.8 Å². The maximum Gasteiger partial charge on any atom is 0.251 e. The van der Waals surface area contributed by atoms with Crippen LogP contribution in [0.3, 0.4) is 0 Å². The van der Waals surface area contributed by atoms with Crippen molar-refractivity contribution in [1.29, 1.82) is 0 Å². The van der Waals surface area contributed by atoms with Crippen LogP contribution >= 0.6 is 11.8 Å². The predicted molar refractivity (Wildman–Crippen MR) is 128 cm³/mol. The smallest absolute Gasteiger partial charge is 0.251 e. The molecule has 0 aliphatic heterocycles. The Kier molecular flexibility index (Phi) is 8.44. The van der Waals surface area contributed by atoms with Crippen molar-refractivity contribution in [2.45, 2.75) is 35.9 Å². The zero-order valence-corrected chi connectivity index (χ0v) is 19.8. The highest BCUT2D eigenvalue weighted by Crippen LogP contribution is 2.23. The molecule has 0 radical (unpaired) electrons. The minimum Gasteiger partial charge on any atom is -0.348 e. The fraction of sp³-hybridized carbons (Fsp3) is 0.250. The molecule has 0 aliphatic carbocycles. The van der Waals surface area contributed by atoms with Gasteiger partial charge in [0.05, 0.1) is 4.90 Å². The Balaban J connectivity index is 1.54.